The largest absolute Gasteiger partial charge is 0.494 e. The third kappa shape index (κ3) is 6.84. The Bertz CT molecular complexity index is 626. The predicted octanol–water partition coefficient (Wildman–Crippen LogP) is 4.00. The molecule has 0 atom stereocenters. The number of rotatable bonds is 8. The van der Waals surface area contributed by atoms with E-state index in [1.807, 2.05) is 21.9 Å². The van der Waals surface area contributed by atoms with E-state index in [0.717, 1.165) is 18.6 Å². The van der Waals surface area contributed by atoms with Crippen LogP contribution in [0.3, 0.4) is 0 Å². The first-order chi connectivity index (χ1) is 13.3. The molecule has 156 valence electrons. The molecule has 1 heterocycles. The maximum atomic E-state index is 12.4. The van der Waals surface area contributed by atoms with E-state index in [9.17, 15) is 9.59 Å². The highest BCUT2D eigenvalue weighted by molar-refractivity contribution is 5.78. The summed E-state index contributed by atoms with van der Waals surface area (Å²) >= 11 is 0. The van der Waals surface area contributed by atoms with Crippen molar-refractivity contribution in [2.75, 3.05) is 32.8 Å². The highest BCUT2D eigenvalue weighted by atomic mass is 16.5. The minimum absolute atomic E-state index is 0.135. The number of nitrogens with zero attached hydrogens (tertiary/aromatic N) is 2. The zero-order valence-electron chi connectivity index (χ0n) is 18.0. The third-order valence-electron chi connectivity index (χ3n) is 5.25. The first-order valence-electron chi connectivity index (χ1n) is 10.6. The molecule has 0 unspecified atom stereocenters. The lowest BCUT2D eigenvalue weighted by Crippen LogP contribution is -2.50. The van der Waals surface area contributed by atoms with Crippen LogP contribution in [0.5, 0.6) is 5.75 Å². The van der Waals surface area contributed by atoms with E-state index in [-0.39, 0.29) is 17.2 Å². The van der Waals surface area contributed by atoms with Crippen molar-refractivity contribution in [1.82, 2.24) is 9.80 Å². The van der Waals surface area contributed by atoms with E-state index in [4.69, 9.17) is 4.74 Å². The fraction of sp³-hybridized carbons (Fsp3) is 0.652. The van der Waals surface area contributed by atoms with E-state index >= 15 is 0 Å². The average molecular weight is 389 g/mol. The van der Waals surface area contributed by atoms with E-state index in [2.05, 4.69) is 39.8 Å². The van der Waals surface area contributed by atoms with E-state index in [1.54, 1.807) is 0 Å². The number of carbonyl (C=O) groups is 2. The van der Waals surface area contributed by atoms with Crippen molar-refractivity contribution in [2.45, 2.75) is 65.2 Å². The number of carbonyl (C=O) groups excluding carboxylic acids is 2. The monoisotopic (exact) mass is 388 g/mol. The number of unbranched alkanes of at least 4 members (excludes halogenated alkanes) is 1. The maximum Gasteiger partial charge on any atom is 0.222 e. The maximum absolute atomic E-state index is 12.4. The third-order valence-corrected chi connectivity index (χ3v) is 5.25. The summed E-state index contributed by atoms with van der Waals surface area (Å²) in [4.78, 5) is 28.2. The molecular formula is C23H36N2O3. The highest BCUT2D eigenvalue weighted by Gasteiger charge is 2.23. The highest BCUT2D eigenvalue weighted by Crippen LogP contribution is 2.24. The van der Waals surface area contributed by atoms with E-state index in [1.165, 1.54) is 5.56 Å². The molecule has 0 radical (unpaired) electrons. The van der Waals surface area contributed by atoms with Crippen molar-refractivity contribution in [1.29, 1.82) is 0 Å². The SMILES string of the molecule is CCCCC(=O)N1CCN(C(=O)CCCOc2ccc(C(C)(C)C)cc2)CC1. The average Bonchev–Trinajstić information content (AvgIpc) is 2.69. The van der Waals surface area contributed by atoms with Crippen molar-refractivity contribution >= 4 is 11.8 Å². The van der Waals surface area contributed by atoms with Crippen molar-refractivity contribution in [2.24, 2.45) is 0 Å². The number of ether oxygens (including phenoxy) is 1. The van der Waals surface area contributed by atoms with Gasteiger partial charge in [0.15, 0.2) is 0 Å². The lowest BCUT2D eigenvalue weighted by Gasteiger charge is -2.35. The molecule has 5 heteroatoms. The molecule has 5 nitrogen and oxygen atoms in total. The number of piperazine rings is 1. The zero-order chi connectivity index (χ0) is 20.6. The molecule has 1 aliphatic rings. The van der Waals surface area contributed by atoms with Gasteiger partial charge >= 0.3 is 0 Å². The molecule has 0 saturated carbocycles. The summed E-state index contributed by atoms with van der Waals surface area (Å²) in [5, 5.41) is 0. The van der Waals surface area contributed by atoms with Crippen LogP contribution in [0.15, 0.2) is 24.3 Å². The summed E-state index contributed by atoms with van der Waals surface area (Å²) in [6, 6.07) is 8.19. The van der Waals surface area contributed by atoms with Crippen LogP contribution in [0.1, 0.15) is 65.4 Å². The Morgan fingerprint density at radius 2 is 1.39 bits per heavy atom. The molecule has 1 aromatic carbocycles. The van der Waals surface area contributed by atoms with Gasteiger partial charge in [0.1, 0.15) is 5.75 Å². The fourth-order valence-electron chi connectivity index (χ4n) is 3.31. The van der Waals surface area contributed by atoms with Gasteiger partial charge in [0.2, 0.25) is 11.8 Å². The lowest BCUT2D eigenvalue weighted by atomic mass is 9.87. The second-order valence-electron chi connectivity index (χ2n) is 8.59. The Morgan fingerprint density at radius 3 is 1.86 bits per heavy atom. The van der Waals surface area contributed by atoms with Crippen LogP contribution in [0, 0.1) is 0 Å². The number of hydrogen-bond donors (Lipinski definition) is 0. The molecule has 1 fully saturated rings. The smallest absolute Gasteiger partial charge is 0.222 e. The van der Waals surface area contributed by atoms with Gasteiger partial charge in [-0.1, -0.05) is 46.2 Å². The van der Waals surface area contributed by atoms with Gasteiger partial charge in [-0.05, 0) is 36.0 Å². The number of hydrogen-bond acceptors (Lipinski definition) is 3. The van der Waals surface area contributed by atoms with Gasteiger partial charge in [0, 0.05) is 39.0 Å². The van der Waals surface area contributed by atoms with Gasteiger partial charge in [-0.3, -0.25) is 9.59 Å². The van der Waals surface area contributed by atoms with Gasteiger partial charge in [-0.15, -0.1) is 0 Å². The standard InChI is InChI=1S/C23H36N2O3/c1-5-6-8-21(26)24-14-16-25(17-15-24)22(27)9-7-18-28-20-12-10-19(11-13-20)23(2,3)4/h10-13H,5-9,14-18H2,1-4H3. The van der Waals surface area contributed by atoms with E-state index < -0.39 is 0 Å². The van der Waals surface area contributed by atoms with Crippen LogP contribution in [0.25, 0.3) is 0 Å². The van der Waals surface area contributed by atoms with Crippen LogP contribution in [0.2, 0.25) is 0 Å². The molecule has 2 amide bonds. The molecule has 2 rings (SSSR count). The minimum atomic E-state index is 0.135. The van der Waals surface area contributed by atoms with Gasteiger partial charge in [-0.2, -0.15) is 0 Å². The molecule has 28 heavy (non-hydrogen) atoms. The van der Waals surface area contributed by atoms with Crippen molar-refractivity contribution in [3.63, 3.8) is 0 Å². The Hall–Kier alpha value is -2.04. The van der Waals surface area contributed by atoms with Crippen LogP contribution >= 0.6 is 0 Å². The Balaban J connectivity index is 1.65. The van der Waals surface area contributed by atoms with Crippen LogP contribution in [-0.2, 0) is 15.0 Å². The van der Waals surface area contributed by atoms with E-state index in [0.29, 0.717) is 52.0 Å². The second kappa shape index (κ2) is 10.5. The zero-order valence-corrected chi connectivity index (χ0v) is 18.0. The topological polar surface area (TPSA) is 49.9 Å². The summed E-state index contributed by atoms with van der Waals surface area (Å²) in [5.41, 5.74) is 1.41. The van der Waals surface area contributed by atoms with Gasteiger partial charge < -0.3 is 14.5 Å². The summed E-state index contributed by atoms with van der Waals surface area (Å²) < 4.78 is 5.77. The summed E-state index contributed by atoms with van der Waals surface area (Å²) in [6.45, 7) is 11.8. The van der Waals surface area contributed by atoms with Crippen molar-refractivity contribution < 1.29 is 14.3 Å². The summed E-state index contributed by atoms with van der Waals surface area (Å²) in [6.07, 6.45) is 3.79. The first kappa shape index (κ1) is 22.3. The normalized spacial score (nSPS) is 14.9. The molecule has 0 aliphatic carbocycles. The van der Waals surface area contributed by atoms with Crippen molar-refractivity contribution in [3.05, 3.63) is 29.8 Å². The van der Waals surface area contributed by atoms with Crippen LogP contribution in [0.4, 0.5) is 0 Å². The van der Waals surface area contributed by atoms with Gasteiger partial charge in [0.05, 0.1) is 6.61 Å². The fourth-order valence-corrected chi connectivity index (χ4v) is 3.31. The van der Waals surface area contributed by atoms with Gasteiger partial charge in [0.25, 0.3) is 0 Å². The van der Waals surface area contributed by atoms with Gasteiger partial charge in [-0.25, -0.2) is 0 Å². The summed E-state index contributed by atoms with van der Waals surface area (Å²) in [5.74, 6) is 1.23. The second-order valence-corrected chi connectivity index (χ2v) is 8.59. The number of amides is 2. The molecule has 1 aromatic rings. The predicted molar refractivity (Wildman–Crippen MR) is 113 cm³/mol. The number of benzene rings is 1. The summed E-state index contributed by atoms with van der Waals surface area (Å²) in [7, 11) is 0. The Labute approximate surface area is 170 Å². The minimum Gasteiger partial charge on any atom is -0.494 e. The van der Waals surface area contributed by atoms with Crippen LogP contribution < -0.4 is 4.74 Å². The first-order valence-corrected chi connectivity index (χ1v) is 10.6. The molecule has 0 spiro atoms. The molecule has 0 bridgehead atoms. The molecular weight excluding hydrogens is 352 g/mol. The van der Waals surface area contributed by atoms with Crippen LogP contribution in [-0.4, -0.2) is 54.4 Å². The lowest BCUT2D eigenvalue weighted by molar-refractivity contribution is -0.139. The Kier molecular flexibility index (Phi) is 8.34. The molecule has 0 aromatic heterocycles. The quantitative estimate of drug-likeness (QED) is 0.633. The Morgan fingerprint density at radius 1 is 0.893 bits per heavy atom. The molecule has 1 saturated heterocycles. The molecule has 1 aliphatic heterocycles. The molecule has 0 N–H and O–H groups in total. The van der Waals surface area contributed by atoms with Crippen molar-refractivity contribution in [3.8, 4) is 5.75 Å².